The van der Waals surface area contributed by atoms with Gasteiger partial charge >= 0.3 is 5.97 Å². The molecule has 0 aliphatic heterocycles. The number of carbonyl (C=O) groups is 1. The third-order valence-corrected chi connectivity index (χ3v) is 4.77. The van der Waals surface area contributed by atoms with Crippen LogP contribution in [-0.2, 0) is 11.3 Å². The van der Waals surface area contributed by atoms with E-state index in [2.05, 4.69) is 29.4 Å². The van der Waals surface area contributed by atoms with Gasteiger partial charge in [-0.3, -0.25) is 0 Å². The van der Waals surface area contributed by atoms with E-state index in [-0.39, 0.29) is 5.97 Å². The summed E-state index contributed by atoms with van der Waals surface area (Å²) >= 11 is 5.33. The van der Waals surface area contributed by atoms with Gasteiger partial charge in [0.1, 0.15) is 12.4 Å². The monoisotopic (exact) mass is 415 g/mol. The zero-order chi connectivity index (χ0) is 21.1. The fourth-order valence-corrected chi connectivity index (χ4v) is 2.87. The van der Waals surface area contributed by atoms with Crippen LogP contribution in [0.15, 0.2) is 48.5 Å². The summed E-state index contributed by atoms with van der Waals surface area (Å²) in [6.07, 6.45) is 0. The molecule has 2 aromatic carbocycles. The number of nitrogens with one attached hydrogen (secondary N) is 2. The molecule has 0 bridgehead atoms. The summed E-state index contributed by atoms with van der Waals surface area (Å²) in [6, 6.07) is 14.9. The van der Waals surface area contributed by atoms with E-state index in [4.69, 9.17) is 21.7 Å². The molecule has 29 heavy (non-hydrogen) atoms. The van der Waals surface area contributed by atoms with Gasteiger partial charge in [0.05, 0.1) is 12.7 Å². The van der Waals surface area contributed by atoms with Crippen LogP contribution in [0.1, 0.15) is 29.8 Å². The number of benzene rings is 2. The number of carbonyl (C=O) groups excluding carboxylic acids is 1. The smallest absolute Gasteiger partial charge is 0.338 e. The lowest BCUT2D eigenvalue weighted by Crippen LogP contribution is -2.28. The molecular formula is C22H29N3O3S. The Bertz CT molecular complexity index is 775. The number of hydrogen-bond acceptors (Lipinski definition) is 5. The fraction of sp³-hybridized carbons (Fsp3) is 0.364. The summed E-state index contributed by atoms with van der Waals surface area (Å²) in [4.78, 5) is 14.3. The van der Waals surface area contributed by atoms with Crippen LogP contribution in [0.4, 0.5) is 5.69 Å². The van der Waals surface area contributed by atoms with Crippen LogP contribution in [0.5, 0.6) is 5.75 Å². The molecule has 7 heteroatoms. The fourth-order valence-electron chi connectivity index (χ4n) is 2.68. The molecule has 0 fully saturated rings. The van der Waals surface area contributed by atoms with Crippen molar-refractivity contribution in [3.8, 4) is 5.75 Å². The van der Waals surface area contributed by atoms with Gasteiger partial charge in [-0.15, -0.1) is 0 Å². The predicted octanol–water partition coefficient (Wildman–Crippen LogP) is 3.68. The number of hydrogen-bond donors (Lipinski definition) is 2. The molecule has 0 heterocycles. The van der Waals surface area contributed by atoms with E-state index < -0.39 is 0 Å². The van der Waals surface area contributed by atoms with Gasteiger partial charge in [-0.2, -0.15) is 0 Å². The molecular weight excluding hydrogens is 386 g/mol. The topological polar surface area (TPSA) is 62.8 Å². The number of anilines is 1. The maximum Gasteiger partial charge on any atom is 0.338 e. The number of methoxy groups -OCH3 is 1. The van der Waals surface area contributed by atoms with Crippen molar-refractivity contribution in [2.24, 2.45) is 0 Å². The van der Waals surface area contributed by atoms with Crippen molar-refractivity contribution < 1.29 is 14.3 Å². The van der Waals surface area contributed by atoms with Crippen LogP contribution < -0.4 is 15.4 Å². The van der Waals surface area contributed by atoms with Gasteiger partial charge in [-0.1, -0.05) is 26.0 Å². The minimum atomic E-state index is -0.316. The van der Waals surface area contributed by atoms with Crippen LogP contribution in [0.25, 0.3) is 0 Å². The highest BCUT2D eigenvalue weighted by atomic mass is 32.1. The van der Waals surface area contributed by atoms with Crippen molar-refractivity contribution in [2.45, 2.75) is 20.4 Å². The van der Waals surface area contributed by atoms with E-state index >= 15 is 0 Å². The number of likely N-dealkylation sites (N-methyl/N-ethyl adjacent to an activating group) is 1. The molecule has 0 radical (unpaired) electrons. The molecule has 0 atom stereocenters. The van der Waals surface area contributed by atoms with Crippen LogP contribution in [0.2, 0.25) is 0 Å². The third kappa shape index (κ3) is 7.71. The first-order valence-electron chi connectivity index (χ1n) is 9.73. The van der Waals surface area contributed by atoms with Crippen molar-refractivity contribution in [3.63, 3.8) is 0 Å². The van der Waals surface area contributed by atoms with Crippen molar-refractivity contribution in [1.29, 1.82) is 0 Å². The maximum atomic E-state index is 12.1. The number of esters is 1. The molecule has 156 valence electrons. The quantitative estimate of drug-likeness (QED) is 0.453. The molecule has 2 N–H and O–H groups in total. The largest absolute Gasteiger partial charge is 0.497 e. The summed E-state index contributed by atoms with van der Waals surface area (Å²) < 4.78 is 10.5. The SMILES string of the molecule is CCN(CC)CCOC(=O)c1ccc(NC(=S)NCc2ccc(OC)cc2)cc1. The second-order valence-corrected chi connectivity index (χ2v) is 6.80. The summed E-state index contributed by atoms with van der Waals surface area (Å²) in [6.45, 7) is 7.81. The Morgan fingerprint density at radius 2 is 1.69 bits per heavy atom. The number of thiocarbonyl (C=S) groups is 1. The Morgan fingerprint density at radius 3 is 2.28 bits per heavy atom. The molecule has 0 amide bonds. The lowest BCUT2D eigenvalue weighted by atomic mass is 10.2. The van der Waals surface area contributed by atoms with E-state index in [9.17, 15) is 4.79 Å². The molecule has 0 aromatic heterocycles. The van der Waals surface area contributed by atoms with Gasteiger partial charge in [0, 0.05) is 18.8 Å². The third-order valence-electron chi connectivity index (χ3n) is 4.53. The molecule has 2 rings (SSSR count). The van der Waals surface area contributed by atoms with Gasteiger partial charge in [-0.05, 0) is 67.3 Å². The highest BCUT2D eigenvalue weighted by Gasteiger charge is 2.08. The average Bonchev–Trinajstić information content (AvgIpc) is 2.76. The van der Waals surface area contributed by atoms with Crippen molar-refractivity contribution in [3.05, 3.63) is 59.7 Å². The van der Waals surface area contributed by atoms with Crippen molar-refractivity contribution in [1.82, 2.24) is 10.2 Å². The number of rotatable bonds is 10. The zero-order valence-electron chi connectivity index (χ0n) is 17.2. The minimum absolute atomic E-state index is 0.316. The van der Waals surface area contributed by atoms with E-state index in [1.54, 1.807) is 19.2 Å². The Balaban J connectivity index is 1.77. The van der Waals surface area contributed by atoms with Crippen LogP contribution in [0.3, 0.4) is 0 Å². The Morgan fingerprint density at radius 1 is 1.03 bits per heavy atom. The predicted molar refractivity (Wildman–Crippen MR) is 121 cm³/mol. The maximum absolute atomic E-state index is 12.1. The van der Waals surface area contributed by atoms with Crippen LogP contribution in [0, 0.1) is 0 Å². The number of ether oxygens (including phenoxy) is 2. The molecule has 0 aliphatic carbocycles. The second-order valence-electron chi connectivity index (χ2n) is 6.40. The van der Waals surface area contributed by atoms with Crippen molar-refractivity contribution >= 4 is 29.0 Å². The molecule has 0 spiro atoms. The standard InChI is InChI=1S/C22H29N3O3S/c1-4-25(5-2)14-15-28-21(26)18-8-10-19(11-9-18)24-22(29)23-16-17-6-12-20(27-3)13-7-17/h6-13H,4-5,14-16H2,1-3H3,(H2,23,24,29). The Hall–Kier alpha value is -2.64. The highest BCUT2D eigenvalue weighted by Crippen LogP contribution is 2.12. The summed E-state index contributed by atoms with van der Waals surface area (Å²) in [7, 11) is 1.64. The normalized spacial score (nSPS) is 10.5. The highest BCUT2D eigenvalue weighted by molar-refractivity contribution is 7.80. The zero-order valence-corrected chi connectivity index (χ0v) is 18.1. The summed E-state index contributed by atoms with van der Waals surface area (Å²) in [5.41, 5.74) is 2.42. The number of nitrogens with zero attached hydrogens (tertiary/aromatic N) is 1. The lowest BCUT2D eigenvalue weighted by Gasteiger charge is -2.17. The minimum Gasteiger partial charge on any atom is -0.497 e. The first-order valence-corrected chi connectivity index (χ1v) is 10.1. The van der Waals surface area contributed by atoms with Gasteiger partial charge in [0.25, 0.3) is 0 Å². The molecule has 2 aromatic rings. The van der Waals surface area contributed by atoms with E-state index in [1.807, 2.05) is 36.4 Å². The van der Waals surface area contributed by atoms with Gasteiger partial charge in [0.15, 0.2) is 5.11 Å². The second kappa shape index (κ2) is 12.0. The molecule has 0 aliphatic rings. The molecule has 0 saturated carbocycles. The summed E-state index contributed by atoms with van der Waals surface area (Å²) in [5.74, 6) is 0.505. The van der Waals surface area contributed by atoms with E-state index in [0.717, 1.165) is 36.6 Å². The van der Waals surface area contributed by atoms with E-state index in [1.165, 1.54) is 0 Å². The van der Waals surface area contributed by atoms with Crippen LogP contribution in [-0.4, -0.2) is 49.3 Å². The first-order chi connectivity index (χ1) is 14.0. The van der Waals surface area contributed by atoms with Gasteiger partial charge in [0.2, 0.25) is 0 Å². The van der Waals surface area contributed by atoms with Crippen molar-refractivity contribution in [2.75, 3.05) is 38.7 Å². The first kappa shape index (κ1) is 22.6. The Kier molecular flexibility index (Phi) is 9.40. The van der Waals surface area contributed by atoms with Crippen LogP contribution >= 0.6 is 12.2 Å². The average molecular weight is 416 g/mol. The van der Waals surface area contributed by atoms with Gasteiger partial charge in [-0.25, -0.2) is 4.79 Å². The molecule has 0 unspecified atom stereocenters. The van der Waals surface area contributed by atoms with E-state index in [0.29, 0.717) is 23.8 Å². The lowest BCUT2D eigenvalue weighted by molar-refractivity contribution is 0.0466. The molecule has 0 saturated heterocycles. The molecule has 6 nitrogen and oxygen atoms in total. The Labute approximate surface area is 178 Å². The van der Waals surface area contributed by atoms with Gasteiger partial charge < -0.3 is 25.0 Å². The summed E-state index contributed by atoms with van der Waals surface area (Å²) in [5, 5.41) is 6.78.